The fraction of sp³-hybridized carbons (Fsp3) is 0.474. The van der Waals surface area contributed by atoms with Crippen LogP contribution in [-0.2, 0) is 18.3 Å². The van der Waals surface area contributed by atoms with Crippen molar-refractivity contribution in [2.45, 2.75) is 32.9 Å². The fourth-order valence-corrected chi connectivity index (χ4v) is 2.42. The zero-order valence-corrected chi connectivity index (χ0v) is 15.4. The summed E-state index contributed by atoms with van der Waals surface area (Å²) in [6.07, 6.45) is 4.86. The molecule has 0 radical (unpaired) electrons. The Morgan fingerprint density at radius 1 is 1.28 bits per heavy atom. The van der Waals surface area contributed by atoms with Crippen molar-refractivity contribution in [1.29, 1.82) is 0 Å². The average Bonchev–Trinajstić information content (AvgIpc) is 3.05. The highest BCUT2D eigenvalue weighted by Crippen LogP contribution is 2.15. The van der Waals surface area contributed by atoms with Crippen LogP contribution in [0.1, 0.15) is 37.5 Å². The molecule has 136 valence electrons. The molecule has 6 heteroatoms. The van der Waals surface area contributed by atoms with Gasteiger partial charge in [-0.25, -0.2) is 4.99 Å². The van der Waals surface area contributed by atoms with Gasteiger partial charge in [0.25, 0.3) is 0 Å². The van der Waals surface area contributed by atoms with Crippen molar-refractivity contribution in [3.05, 3.63) is 53.9 Å². The summed E-state index contributed by atoms with van der Waals surface area (Å²) in [6, 6.07) is 10.3. The molecule has 0 saturated carbocycles. The molecule has 6 nitrogen and oxygen atoms in total. The first-order valence-corrected chi connectivity index (χ1v) is 8.85. The lowest BCUT2D eigenvalue weighted by atomic mass is 10.1. The van der Waals surface area contributed by atoms with Crippen LogP contribution < -0.4 is 10.6 Å². The maximum atomic E-state index is 5.89. The van der Waals surface area contributed by atoms with Gasteiger partial charge in [-0.05, 0) is 25.8 Å². The quantitative estimate of drug-likeness (QED) is 0.417. The van der Waals surface area contributed by atoms with Crippen molar-refractivity contribution < 1.29 is 4.74 Å². The van der Waals surface area contributed by atoms with Gasteiger partial charge in [-0.1, -0.05) is 30.3 Å². The second-order valence-corrected chi connectivity index (χ2v) is 5.92. The monoisotopic (exact) mass is 343 g/mol. The lowest BCUT2D eigenvalue weighted by Crippen LogP contribution is -2.38. The van der Waals surface area contributed by atoms with Gasteiger partial charge in [-0.15, -0.1) is 0 Å². The molecule has 0 spiro atoms. The second-order valence-electron chi connectivity index (χ2n) is 5.92. The van der Waals surface area contributed by atoms with E-state index < -0.39 is 0 Å². The normalized spacial score (nSPS) is 12.8. The summed E-state index contributed by atoms with van der Waals surface area (Å²) in [6.45, 7) is 7.13. The standard InChI is InChI=1S/C19H29N5O/c1-4-20-19(22-13-17-14-23-24(3)15-17)21-11-8-12-25-16(2)18-9-6-5-7-10-18/h5-7,9-10,14-16H,4,8,11-13H2,1-3H3,(H2,20,21,22). The number of hydrogen-bond acceptors (Lipinski definition) is 3. The summed E-state index contributed by atoms with van der Waals surface area (Å²) in [4.78, 5) is 4.58. The zero-order chi connectivity index (χ0) is 17.9. The minimum atomic E-state index is 0.119. The molecular weight excluding hydrogens is 314 g/mol. The van der Waals surface area contributed by atoms with Crippen LogP contribution in [0.4, 0.5) is 0 Å². The number of nitrogens with zero attached hydrogens (tertiary/aromatic N) is 3. The Morgan fingerprint density at radius 3 is 2.76 bits per heavy atom. The molecule has 1 aromatic heterocycles. The molecule has 0 aliphatic carbocycles. The average molecular weight is 343 g/mol. The largest absolute Gasteiger partial charge is 0.374 e. The molecule has 25 heavy (non-hydrogen) atoms. The Hall–Kier alpha value is -2.34. The van der Waals surface area contributed by atoms with Gasteiger partial charge in [0.15, 0.2) is 5.96 Å². The number of nitrogens with one attached hydrogen (secondary N) is 2. The Labute approximate surface area is 150 Å². The number of guanidine groups is 1. The van der Waals surface area contributed by atoms with Crippen molar-refractivity contribution in [2.24, 2.45) is 12.0 Å². The Bertz CT molecular complexity index is 638. The van der Waals surface area contributed by atoms with Gasteiger partial charge < -0.3 is 15.4 Å². The molecule has 0 saturated heterocycles. The van der Waals surface area contributed by atoms with Crippen LogP contribution in [0.15, 0.2) is 47.7 Å². The molecule has 0 amide bonds. The molecule has 1 unspecified atom stereocenters. The number of ether oxygens (including phenoxy) is 1. The van der Waals surface area contributed by atoms with E-state index in [1.807, 2.05) is 37.6 Å². The maximum Gasteiger partial charge on any atom is 0.191 e. The number of rotatable bonds is 9. The van der Waals surface area contributed by atoms with Gasteiger partial charge in [0.1, 0.15) is 0 Å². The van der Waals surface area contributed by atoms with Gasteiger partial charge in [0.2, 0.25) is 0 Å². The summed E-state index contributed by atoms with van der Waals surface area (Å²) in [5, 5.41) is 10.8. The van der Waals surface area contributed by atoms with Crippen molar-refractivity contribution in [3.8, 4) is 0 Å². The summed E-state index contributed by atoms with van der Waals surface area (Å²) >= 11 is 0. The Kier molecular flexibility index (Phi) is 7.98. The van der Waals surface area contributed by atoms with Crippen LogP contribution in [0, 0.1) is 0 Å². The Balaban J connectivity index is 1.68. The van der Waals surface area contributed by atoms with E-state index in [0.29, 0.717) is 13.2 Å². The number of aryl methyl sites for hydroxylation is 1. The lowest BCUT2D eigenvalue weighted by Gasteiger charge is -2.14. The van der Waals surface area contributed by atoms with Crippen molar-refractivity contribution in [3.63, 3.8) is 0 Å². The van der Waals surface area contributed by atoms with E-state index in [1.54, 1.807) is 4.68 Å². The molecule has 1 aromatic carbocycles. The summed E-state index contributed by atoms with van der Waals surface area (Å²) in [5.41, 5.74) is 2.31. The van der Waals surface area contributed by atoms with Crippen LogP contribution in [-0.4, -0.2) is 35.4 Å². The van der Waals surface area contributed by atoms with Crippen LogP contribution in [0.2, 0.25) is 0 Å². The third-order valence-electron chi connectivity index (χ3n) is 3.77. The smallest absolute Gasteiger partial charge is 0.191 e. The highest BCUT2D eigenvalue weighted by molar-refractivity contribution is 5.79. The van der Waals surface area contributed by atoms with Gasteiger partial charge in [0, 0.05) is 38.5 Å². The van der Waals surface area contributed by atoms with Crippen molar-refractivity contribution in [2.75, 3.05) is 19.7 Å². The molecule has 0 bridgehead atoms. The first-order valence-electron chi connectivity index (χ1n) is 8.85. The van der Waals surface area contributed by atoms with Crippen LogP contribution in [0.3, 0.4) is 0 Å². The molecule has 1 atom stereocenters. The SMILES string of the molecule is CCNC(=NCc1cnn(C)c1)NCCCOC(C)c1ccccc1. The molecular formula is C19H29N5O. The molecule has 0 fully saturated rings. The van der Waals surface area contributed by atoms with E-state index >= 15 is 0 Å². The van der Waals surface area contributed by atoms with E-state index in [1.165, 1.54) is 5.56 Å². The zero-order valence-electron chi connectivity index (χ0n) is 15.4. The van der Waals surface area contributed by atoms with E-state index in [-0.39, 0.29) is 6.10 Å². The van der Waals surface area contributed by atoms with E-state index in [9.17, 15) is 0 Å². The van der Waals surface area contributed by atoms with Gasteiger partial charge in [0.05, 0.1) is 18.8 Å². The molecule has 1 heterocycles. The molecule has 0 aliphatic rings. The third kappa shape index (κ3) is 6.97. The number of aromatic nitrogens is 2. The number of hydrogen-bond donors (Lipinski definition) is 2. The first-order chi connectivity index (χ1) is 12.2. The minimum absolute atomic E-state index is 0.119. The topological polar surface area (TPSA) is 63.5 Å². The molecule has 2 N–H and O–H groups in total. The maximum absolute atomic E-state index is 5.89. The van der Waals surface area contributed by atoms with Crippen LogP contribution in [0.25, 0.3) is 0 Å². The molecule has 2 rings (SSSR count). The molecule has 0 aliphatic heterocycles. The summed E-state index contributed by atoms with van der Waals surface area (Å²) < 4.78 is 7.68. The predicted molar refractivity (Wildman–Crippen MR) is 101 cm³/mol. The number of benzene rings is 1. The highest BCUT2D eigenvalue weighted by atomic mass is 16.5. The van der Waals surface area contributed by atoms with Crippen molar-refractivity contribution >= 4 is 5.96 Å². The Morgan fingerprint density at radius 2 is 2.08 bits per heavy atom. The highest BCUT2D eigenvalue weighted by Gasteiger charge is 2.04. The molecule has 2 aromatic rings. The van der Waals surface area contributed by atoms with Gasteiger partial charge >= 0.3 is 0 Å². The fourth-order valence-electron chi connectivity index (χ4n) is 2.42. The van der Waals surface area contributed by atoms with Crippen molar-refractivity contribution in [1.82, 2.24) is 20.4 Å². The van der Waals surface area contributed by atoms with Gasteiger partial charge in [-0.3, -0.25) is 4.68 Å². The van der Waals surface area contributed by atoms with E-state index in [4.69, 9.17) is 4.74 Å². The van der Waals surface area contributed by atoms with E-state index in [2.05, 4.69) is 46.7 Å². The first kappa shape index (κ1) is 19.0. The van der Waals surface area contributed by atoms with Gasteiger partial charge in [-0.2, -0.15) is 5.10 Å². The van der Waals surface area contributed by atoms with Crippen LogP contribution in [0.5, 0.6) is 0 Å². The number of aliphatic imine (C=N–C) groups is 1. The van der Waals surface area contributed by atoms with Crippen LogP contribution >= 0.6 is 0 Å². The second kappa shape index (κ2) is 10.5. The summed E-state index contributed by atoms with van der Waals surface area (Å²) in [5.74, 6) is 0.822. The lowest BCUT2D eigenvalue weighted by molar-refractivity contribution is 0.0646. The summed E-state index contributed by atoms with van der Waals surface area (Å²) in [7, 11) is 1.91. The predicted octanol–water partition coefficient (Wildman–Crippen LogP) is 2.64. The minimum Gasteiger partial charge on any atom is -0.374 e. The van der Waals surface area contributed by atoms with E-state index in [0.717, 1.165) is 31.0 Å². The third-order valence-corrected chi connectivity index (χ3v) is 3.77.